The molecule has 2 rings (SSSR count). The summed E-state index contributed by atoms with van der Waals surface area (Å²) in [5.74, 6) is -1.14. The molecule has 0 atom stereocenters. The van der Waals surface area contributed by atoms with Crippen LogP contribution in [0.5, 0.6) is 0 Å². The van der Waals surface area contributed by atoms with Crippen molar-refractivity contribution in [2.75, 3.05) is 11.9 Å². The third kappa shape index (κ3) is 4.34. The third-order valence-corrected chi connectivity index (χ3v) is 4.41. The van der Waals surface area contributed by atoms with E-state index in [4.69, 9.17) is 27.9 Å². The lowest BCUT2D eigenvalue weighted by Gasteiger charge is -2.09. The summed E-state index contributed by atoms with van der Waals surface area (Å²) in [4.78, 5) is 23.7. The second kappa shape index (κ2) is 7.80. The number of anilines is 1. The average molecular weight is 450 g/mol. The molecule has 1 amide bonds. The summed E-state index contributed by atoms with van der Waals surface area (Å²) in [5, 5.41) is 3.01. The lowest BCUT2D eigenvalue weighted by Crippen LogP contribution is -2.21. The van der Waals surface area contributed by atoms with Crippen LogP contribution in [0.3, 0.4) is 0 Å². The number of para-hydroxylation sites is 1. The van der Waals surface area contributed by atoms with E-state index in [1.807, 2.05) is 12.1 Å². The zero-order chi connectivity index (χ0) is 16.1. The number of hydrogen-bond donors (Lipinski definition) is 1. The molecule has 0 fully saturated rings. The fourth-order valence-electron chi connectivity index (χ4n) is 1.62. The van der Waals surface area contributed by atoms with Crippen LogP contribution in [0.15, 0.2) is 42.5 Å². The molecule has 0 radical (unpaired) electrons. The van der Waals surface area contributed by atoms with Gasteiger partial charge in [-0.05, 0) is 46.9 Å². The van der Waals surface area contributed by atoms with Gasteiger partial charge >= 0.3 is 5.97 Å². The maximum Gasteiger partial charge on any atom is 0.340 e. The molecule has 22 heavy (non-hydrogen) atoms. The number of ether oxygens (including phenoxy) is 1. The number of hydrogen-bond acceptors (Lipinski definition) is 3. The van der Waals surface area contributed by atoms with Gasteiger partial charge in [-0.2, -0.15) is 0 Å². The van der Waals surface area contributed by atoms with Gasteiger partial charge < -0.3 is 10.1 Å². The topological polar surface area (TPSA) is 55.4 Å². The first-order valence-electron chi connectivity index (χ1n) is 6.14. The Labute approximate surface area is 150 Å². The minimum Gasteiger partial charge on any atom is -0.452 e. The van der Waals surface area contributed by atoms with Gasteiger partial charge in [0.1, 0.15) is 0 Å². The van der Waals surface area contributed by atoms with Crippen molar-refractivity contribution in [3.8, 4) is 0 Å². The minimum atomic E-state index is -0.703. The van der Waals surface area contributed by atoms with Crippen LogP contribution in [-0.4, -0.2) is 18.5 Å². The number of carbonyl (C=O) groups is 2. The molecule has 0 saturated carbocycles. The standard InChI is InChI=1S/C15H10Cl2INO3/c16-10-5-3-4-9(14(10)17)15(21)22-8-13(20)19-12-7-2-1-6-11(12)18/h1-7H,8H2,(H,19,20). The Morgan fingerprint density at radius 2 is 1.82 bits per heavy atom. The van der Waals surface area contributed by atoms with Gasteiger partial charge in [0, 0.05) is 3.57 Å². The number of esters is 1. The van der Waals surface area contributed by atoms with Gasteiger partial charge in [0.25, 0.3) is 5.91 Å². The second-order valence-corrected chi connectivity index (χ2v) is 6.15. The number of amides is 1. The van der Waals surface area contributed by atoms with Gasteiger partial charge in [0.05, 0.1) is 21.3 Å². The van der Waals surface area contributed by atoms with Crippen molar-refractivity contribution in [1.82, 2.24) is 0 Å². The maximum atomic E-state index is 11.9. The Morgan fingerprint density at radius 3 is 2.55 bits per heavy atom. The van der Waals surface area contributed by atoms with Crippen LogP contribution < -0.4 is 5.32 Å². The molecule has 0 aromatic heterocycles. The van der Waals surface area contributed by atoms with Crippen molar-refractivity contribution in [3.63, 3.8) is 0 Å². The number of nitrogens with one attached hydrogen (secondary N) is 1. The predicted octanol–water partition coefficient (Wildman–Crippen LogP) is 4.39. The van der Waals surface area contributed by atoms with Crippen LogP contribution in [0, 0.1) is 3.57 Å². The van der Waals surface area contributed by atoms with Crippen molar-refractivity contribution < 1.29 is 14.3 Å². The monoisotopic (exact) mass is 449 g/mol. The SMILES string of the molecule is O=C(COC(=O)c1cccc(Cl)c1Cl)Nc1ccccc1I. The zero-order valence-electron chi connectivity index (χ0n) is 11.1. The van der Waals surface area contributed by atoms with Gasteiger partial charge in [-0.1, -0.05) is 41.4 Å². The molecule has 0 heterocycles. The summed E-state index contributed by atoms with van der Waals surface area (Å²) in [5.41, 5.74) is 0.779. The molecule has 2 aromatic rings. The highest BCUT2D eigenvalue weighted by Gasteiger charge is 2.15. The van der Waals surface area contributed by atoms with Gasteiger partial charge in [-0.15, -0.1) is 0 Å². The van der Waals surface area contributed by atoms with Gasteiger partial charge in [-0.25, -0.2) is 4.79 Å². The minimum absolute atomic E-state index is 0.104. The highest BCUT2D eigenvalue weighted by atomic mass is 127. The molecule has 0 unspecified atom stereocenters. The number of carbonyl (C=O) groups excluding carboxylic acids is 2. The Balaban J connectivity index is 1.95. The molecule has 7 heteroatoms. The van der Waals surface area contributed by atoms with E-state index in [-0.39, 0.29) is 15.6 Å². The Bertz CT molecular complexity index is 722. The second-order valence-electron chi connectivity index (χ2n) is 4.21. The van der Waals surface area contributed by atoms with Crippen LogP contribution in [0.25, 0.3) is 0 Å². The lowest BCUT2D eigenvalue weighted by atomic mass is 10.2. The van der Waals surface area contributed by atoms with Gasteiger partial charge in [0.15, 0.2) is 6.61 Å². The maximum absolute atomic E-state index is 11.9. The molecule has 2 aromatic carbocycles. The summed E-state index contributed by atoms with van der Waals surface area (Å²) in [6, 6.07) is 11.9. The van der Waals surface area contributed by atoms with E-state index in [0.29, 0.717) is 5.69 Å². The summed E-state index contributed by atoms with van der Waals surface area (Å²) < 4.78 is 5.83. The Morgan fingerprint density at radius 1 is 1.09 bits per heavy atom. The van der Waals surface area contributed by atoms with E-state index in [9.17, 15) is 9.59 Å². The van der Waals surface area contributed by atoms with Crippen molar-refractivity contribution in [2.24, 2.45) is 0 Å². The lowest BCUT2D eigenvalue weighted by molar-refractivity contribution is -0.119. The molecule has 0 spiro atoms. The van der Waals surface area contributed by atoms with E-state index in [0.717, 1.165) is 3.57 Å². The summed E-state index contributed by atoms with van der Waals surface area (Å²) in [6.07, 6.45) is 0. The molecule has 1 N–H and O–H groups in total. The van der Waals surface area contributed by atoms with E-state index in [1.54, 1.807) is 24.3 Å². The van der Waals surface area contributed by atoms with Crippen LogP contribution in [-0.2, 0) is 9.53 Å². The highest BCUT2D eigenvalue weighted by molar-refractivity contribution is 14.1. The first-order chi connectivity index (χ1) is 10.5. The van der Waals surface area contributed by atoms with Crippen molar-refractivity contribution in [3.05, 3.63) is 61.6 Å². The molecule has 4 nitrogen and oxygen atoms in total. The summed E-state index contributed by atoms with van der Waals surface area (Å²) >= 11 is 13.8. The normalized spacial score (nSPS) is 10.1. The van der Waals surface area contributed by atoms with Crippen molar-refractivity contribution in [2.45, 2.75) is 0 Å². The zero-order valence-corrected chi connectivity index (χ0v) is 14.8. The first-order valence-corrected chi connectivity index (χ1v) is 7.98. The average Bonchev–Trinajstić information content (AvgIpc) is 2.50. The number of benzene rings is 2. The van der Waals surface area contributed by atoms with E-state index >= 15 is 0 Å². The first kappa shape index (κ1) is 17.1. The quantitative estimate of drug-likeness (QED) is 0.556. The molecule has 0 aliphatic carbocycles. The predicted molar refractivity (Wildman–Crippen MR) is 94.5 cm³/mol. The fourth-order valence-corrected chi connectivity index (χ4v) is 2.52. The number of rotatable bonds is 4. The smallest absolute Gasteiger partial charge is 0.340 e. The van der Waals surface area contributed by atoms with Gasteiger partial charge in [-0.3, -0.25) is 4.79 Å². The highest BCUT2D eigenvalue weighted by Crippen LogP contribution is 2.26. The largest absolute Gasteiger partial charge is 0.452 e. The molecule has 0 aliphatic heterocycles. The van der Waals surface area contributed by atoms with Crippen LogP contribution in [0.2, 0.25) is 10.0 Å². The molecular weight excluding hydrogens is 440 g/mol. The fraction of sp³-hybridized carbons (Fsp3) is 0.0667. The molecule has 0 saturated heterocycles. The van der Waals surface area contributed by atoms with Crippen molar-refractivity contribution in [1.29, 1.82) is 0 Å². The third-order valence-electron chi connectivity index (χ3n) is 2.65. The molecule has 0 bridgehead atoms. The van der Waals surface area contributed by atoms with Crippen molar-refractivity contribution >= 4 is 63.4 Å². The molecule has 0 aliphatic rings. The molecular formula is C15H10Cl2INO3. The van der Waals surface area contributed by atoms with E-state index < -0.39 is 18.5 Å². The summed E-state index contributed by atoms with van der Waals surface area (Å²) in [7, 11) is 0. The van der Waals surface area contributed by atoms with Gasteiger partial charge in [0.2, 0.25) is 0 Å². The Hall–Kier alpha value is -1.31. The van der Waals surface area contributed by atoms with Crippen LogP contribution in [0.1, 0.15) is 10.4 Å². The number of halogens is 3. The van der Waals surface area contributed by atoms with Crippen LogP contribution >= 0.6 is 45.8 Å². The molecule has 114 valence electrons. The van der Waals surface area contributed by atoms with E-state index in [1.165, 1.54) is 6.07 Å². The van der Waals surface area contributed by atoms with Crippen LogP contribution in [0.4, 0.5) is 5.69 Å². The summed E-state index contributed by atoms with van der Waals surface area (Å²) in [6.45, 7) is -0.410. The van der Waals surface area contributed by atoms with E-state index in [2.05, 4.69) is 27.9 Å². The Kier molecular flexibility index (Phi) is 6.05.